The number of carbonyl (C=O) groups excluding carboxylic acids is 2. The number of carbonyl (C=O) groups is 2. The van der Waals surface area contributed by atoms with E-state index in [-0.39, 0.29) is 36.9 Å². The van der Waals surface area contributed by atoms with Crippen molar-refractivity contribution in [2.45, 2.75) is 51.9 Å². The monoisotopic (exact) mass is 617 g/mol. The van der Waals surface area contributed by atoms with Crippen molar-refractivity contribution >= 4 is 22.8 Å². The highest BCUT2D eigenvalue weighted by Crippen LogP contribution is 2.44. The number of ether oxygens (including phenoxy) is 1. The van der Waals surface area contributed by atoms with Crippen molar-refractivity contribution in [1.82, 2.24) is 14.9 Å². The van der Waals surface area contributed by atoms with E-state index in [0.29, 0.717) is 64.0 Å². The molecule has 8 nitrogen and oxygen atoms in total. The number of furan rings is 1. The van der Waals surface area contributed by atoms with Crippen LogP contribution in [0.25, 0.3) is 22.0 Å². The fourth-order valence-corrected chi connectivity index (χ4v) is 5.84. The summed E-state index contributed by atoms with van der Waals surface area (Å²) in [6, 6.07) is 15.1. The Kier molecular flexibility index (Phi) is 8.09. The van der Waals surface area contributed by atoms with Gasteiger partial charge in [0.2, 0.25) is 5.88 Å². The van der Waals surface area contributed by atoms with Crippen LogP contribution in [0.4, 0.5) is 13.2 Å². The van der Waals surface area contributed by atoms with E-state index in [4.69, 9.17) is 14.1 Å². The van der Waals surface area contributed by atoms with Crippen LogP contribution in [0.3, 0.4) is 0 Å². The number of halogens is 3. The number of benzene rings is 2. The molecule has 5 aromatic rings. The van der Waals surface area contributed by atoms with Gasteiger partial charge in [0.1, 0.15) is 5.76 Å². The first-order valence-electron chi connectivity index (χ1n) is 14.7. The highest BCUT2D eigenvalue weighted by Gasteiger charge is 2.32. The number of aromatic hydroxyl groups is 1. The third-order valence-electron chi connectivity index (χ3n) is 8.00. The Morgan fingerprint density at radius 2 is 1.82 bits per heavy atom. The number of amides is 1. The van der Waals surface area contributed by atoms with E-state index in [1.807, 2.05) is 0 Å². The van der Waals surface area contributed by atoms with E-state index in [1.54, 1.807) is 47.9 Å². The Morgan fingerprint density at radius 3 is 2.49 bits per heavy atom. The highest BCUT2D eigenvalue weighted by molar-refractivity contribution is 6.11. The Bertz CT molecular complexity index is 1860. The fourth-order valence-electron chi connectivity index (χ4n) is 5.84. The van der Waals surface area contributed by atoms with E-state index >= 15 is 0 Å². The molecule has 2 aromatic carbocycles. The molecule has 0 atom stereocenters. The zero-order chi connectivity index (χ0) is 31.7. The normalized spacial score (nSPS) is 12.8. The van der Waals surface area contributed by atoms with E-state index in [2.05, 4.69) is 5.32 Å². The summed E-state index contributed by atoms with van der Waals surface area (Å²) in [6.07, 6.45) is -0.837. The van der Waals surface area contributed by atoms with Crippen molar-refractivity contribution in [2.24, 2.45) is 0 Å². The van der Waals surface area contributed by atoms with Crippen molar-refractivity contribution in [3.63, 3.8) is 0 Å². The minimum Gasteiger partial charge on any atom is -0.494 e. The first kappa shape index (κ1) is 30.0. The molecule has 0 spiro atoms. The number of aryl methyl sites for hydroxylation is 3. The molecule has 0 radical (unpaired) electrons. The predicted molar refractivity (Wildman–Crippen MR) is 160 cm³/mol. The van der Waals surface area contributed by atoms with Gasteiger partial charge in [-0.05, 0) is 80.1 Å². The molecular weight excluding hydrogens is 587 g/mol. The van der Waals surface area contributed by atoms with Crippen LogP contribution >= 0.6 is 0 Å². The maximum absolute atomic E-state index is 13.6. The van der Waals surface area contributed by atoms with Crippen LogP contribution in [-0.2, 0) is 43.3 Å². The average molecular weight is 618 g/mol. The van der Waals surface area contributed by atoms with E-state index in [0.717, 1.165) is 24.2 Å². The Balaban J connectivity index is 1.42. The lowest BCUT2D eigenvalue weighted by molar-refractivity contribution is -0.137. The molecule has 0 bridgehead atoms. The number of esters is 1. The average Bonchev–Trinajstić information content (AvgIpc) is 3.78. The van der Waals surface area contributed by atoms with E-state index < -0.39 is 17.7 Å². The van der Waals surface area contributed by atoms with Crippen molar-refractivity contribution < 1.29 is 37.0 Å². The van der Waals surface area contributed by atoms with Gasteiger partial charge in [0.15, 0.2) is 0 Å². The minimum atomic E-state index is -4.44. The number of rotatable bonds is 9. The zero-order valence-corrected chi connectivity index (χ0v) is 24.4. The predicted octanol–water partition coefficient (Wildman–Crippen LogP) is 6.86. The lowest BCUT2D eigenvalue weighted by atomic mass is 9.92. The van der Waals surface area contributed by atoms with Crippen molar-refractivity contribution in [3.05, 3.63) is 106 Å². The van der Waals surface area contributed by atoms with Gasteiger partial charge in [0, 0.05) is 23.4 Å². The quantitative estimate of drug-likeness (QED) is 0.175. The molecule has 3 aromatic heterocycles. The third kappa shape index (κ3) is 5.90. The van der Waals surface area contributed by atoms with Crippen LogP contribution in [0.15, 0.2) is 71.3 Å². The molecule has 6 rings (SSSR count). The molecule has 0 saturated heterocycles. The van der Waals surface area contributed by atoms with Gasteiger partial charge in [-0.2, -0.15) is 13.2 Å². The number of aromatic nitrogens is 2. The fraction of sp³-hybridized carbons (Fsp3) is 0.265. The highest BCUT2D eigenvalue weighted by atomic mass is 19.4. The Morgan fingerprint density at radius 1 is 1.07 bits per heavy atom. The van der Waals surface area contributed by atoms with Crippen LogP contribution in [0, 0.1) is 0 Å². The first-order chi connectivity index (χ1) is 21.7. The largest absolute Gasteiger partial charge is 0.494 e. The van der Waals surface area contributed by atoms with Gasteiger partial charge in [-0.25, -0.2) is 9.78 Å². The summed E-state index contributed by atoms with van der Waals surface area (Å²) >= 11 is 0. The second-order valence-corrected chi connectivity index (χ2v) is 10.8. The van der Waals surface area contributed by atoms with Gasteiger partial charge >= 0.3 is 12.1 Å². The Labute approximate surface area is 256 Å². The van der Waals surface area contributed by atoms with Crippen molar-refractivity contribution in [2.75, 3.05) is 6.61 Å². The number of alkyl halides is 3. The number of nitrogens with one attached hydrogen (secondary N) is 1. The molecule has 45 heavy (non-hydrogen) atoms. The molecule has 11 heteroatoms. The number of hydrogen-bond donors (Lipinski definition) is 2. The molecule has 0 unspecified atom stereocenters. The molecule has 4 heterocycles. The zero-order valence-electron chi connectivity index (χ0n) is 24.4. The summed E-state index contributed by atoms with van der Waals surface area (Å²) < 4.78 is 51.9. The number of fused-ring (bicyclic) bond motifs is 3. The smallest absolute Gasteiger partial charge is 0.416 e. The maximum Gasteiger partial charge on any atom is 0.416 e. The van der Waals surface area contributed by atoms with Gasteiger partial charge in [-0.3, -0.25) is 4.79 Å². The van der Waals surface area contributed by atoms with Crippen molar-refractivity contribution in [3.8, 4) is 17.0 Å². The minimum absolute atomic E-state index is 0.0000976. The summed E-state index contributed by atoms with van der Waals surface area (Å²) in [5.41, 5.74) is 3.31. The topological polar surface area (TPSA) is 107 Å². The summed E-state index contributed by atoms with van der Waals surface area (Å²) in [5.74, 6) is -0.332. The van der Waals surface area contributed by atoms with Crippen LogP contribution in [-0.4, -0.2) is 33.1 Å². The van der Waals surface area contributed by atoms with Crippen LogP contribution < -0.4 is 5.32 Å². The molecule has 1 amide bonds. The number of hydrogen-bond acceptors (Lipinski definition) is 6. The standard InChI is InChI=1S/C34H30F3N3O5/c1-2-44-33(43)28-25(16-9-20-7-14-23(15-8-20)34(35,36)37)39-30-26-6-3-17-40(26)32(42)29(30)27(28)21-10-12-22(13-11-21)31(41)38-19-24-5-4-18-45-24/h4-5,7-8,10-15,18,42H,2-3,6,9,16-17,19H2,1H3,(H,38,41). The molecule has 0 aliphatic carbocycles. The summed E-state index contributed by atoms with van der Waals surface area (Å²) in [4.78, 5) is 31.3. The second kappa shape index (κ2) is 12.1. The lowest BCUT2D eigenvalue weighted by Crippen LogP contribution is -2.22. The van der Waals surface area contributed by atoms with Gasteiger partial charge in [0.25, 0.3) is 5.91 Å². The summed E-state index contributed by atoms with van der Waals surface area (Å²) in [5, 5.41) is 14.6. The van der Waals surface area contributed by atoms with Crippen LogP contribution in [0.2, 0.25) is 0 Å². The van der Waals surface area contributed by atoms with E-state index in [9.17, 15) is 27.9 Å². The SMILES string of the molecule is CCOC(=O)c1c(CCc2ccc(C(F)(F)F)cc2)nc2c3n(c(O)c2c1-c1ccc(C(=O)NCc2ccco2)cc1)CCC3. The second-order valence-electron chi connectivity index (χ2n) is 10.8. The molecule has 0 fully saturated rings. The van der Waals surface area contributed by atoms with Gasteiger partial charge < -0.3 is 24.1 Å². The lowest BCUT2D eigenvalue weighted by Gasteiger charge is -2.16. The van der Waals surface area contributed by atoms with Gasteiger partial charge in [-0.15, -0.1) is 0 Å². The summed E-state index contributed by atoms with van der Waals surface area (Å²) in [7, 11) is 0. The van der Waals surface area contributed by atoms with Crippen LogP contribution in [0.5, 0.6) is 5.88 Å². The van der Waals surface area contributed by atoms with Gasteiger partial charge in [0.05, 0.1) is 47.1 Å². The molecule has 1 aliphatic heterocycles. The third-order valence-corrected chi connectivity index (χ3v) is 8.00. The molecular formula is C34H30F3N3O5. The van der Waals surface area contributed by atoms with Gasteiger partial charge in [-0.1, -0.05) is 24.3 Å². The molecule has 0 saturated carbocycles. The number of pyridine rings is 1. The maximum atomic E-state index is 13.6. The molecule has 232 valence electrons. The van der Waals surface area contributed by atoms with Crippen molar-refractivity contribution in [1.29, 1.82) is 0 Å². The number of nitrogens with zero attached hydrogens (tertiary/aromatic N) is 2. The molecule has 1 aliphatic rings. The first-order valence-corrected chi connectivity index (χ1v) is 14.7. The summed E-state index contributed by atoms with van der Waals surface area (Å²) in [6.45, 7) is 2.60. The molecule has 2 N–H and O–H groups in total. The van der Waals surface area contributed by atoms with E-state index in [1.165, 1.54) is 18.4 Å². The Hall–Kier alpha value is -5.06. The van der Waals surface area contributed by atoms with Crippen LogP contribution in [0.1, 0.15) is 62.3 Å².